The number of carboxylic acids is 1. The second kappa shape index (κ2) is 23.7. The quantitative estimate of drug-likeness (QED) is 0.287. The van der Waals surface area contributed by atoms with Crippen LogP contribution in [-0.4, -0.2) is 23.8 Å². The van der Waals surface area contributed by atoms with E-state index < -0.39 is 12.1 Å². The average Bonchev–Trinajstić information content (AvgIpc) is 2.58. The molecule has 0 rings (SSSR count). The van der Waals surface area contributed by atoms with Gasteiger partial charge in [-0.3, -0.25) is 4.79 Å². The van der Waals surface area contributed by atoms with Gasteiger partial charge in [0.2, 0.25) is 0 Å². The molecule has 0 saturated heterocycles. The summed E-state index contributed by atoms with van der Waals surface area (Å²) in [6, 6.07) is 0. The van der Waals surface area contributed by atoms with Crippen LogP contribution in [0.1, 0.15) is 117 Å². The largest absolute Gasteiger partial charge is 0.481 e. The van der Waals surface area contributed by atoms with Crippen LogP contribution in [0.15, 0.2) is 0 Å². The predicted octanol–water partition coefficient (Wildman–Crippen LogP) is 6.43. The molecule has 3 N–H and O–H groups in total. The molecule has 1 amide bonds. The smallest absolute Gasteiger partial charge is 0.404 e. The number of ether oxygens (including phenoxy) is 1. The van der Waals surface area contributed by atoms with E-state index in [9.17, 15) is 9.59 Å². The highest BCUT2D eigenvalue weighted by atomic mass is 16.5. The molecule has 5 heteroatoms. The van der Waals surface area contributed by atoms with Gasteiger partial charge in [-0.15, -0.1) is 0 Å². The van der Waals surface area contributed by atoms with Crippen molar-refractivity contribution >= 4 is 12.1 Å². The molecule has 0 atom stereocenters. The summed E-state index contributed by atoms with van der Waals surface area (Å²) in [6.45, 7) is 4.33. The molecule has 0 aliphatic rings. The summed E-state index contributed by atoms with van der Waals surface area (Å²) < 4.78 is 4.18. The van der Waals surface area contributed by atoms with Crippen LogP contribution < -0.4 is 5.73 Å². The van der Waals surface area contributed by atoms with E-state index in [2.05, 4.69) is 17.4 Å². The highest BCUT2D eigenvalue weighted by molar-refractivity contribution is 5.66. The predicted molar refractivity (Wildman–Crippen MR) is 108 cm³/mol. The summed E-state index contributed by atoms with van der Waals surface area (Å²) in [5.41, 5.74) is 4.54. The highest BCUT2D eigenvalue weighted by Gasteiger charge is 1.97. The van der Waals surface area contributed by atoms with Crippen molar-refractivity contribution in [2.45, 2.75) is 117 Å². The Kier molecular flexibility index (Phi) is 24.6. The fourth-order valence-electron chi connectivity index (χ4n) is 2.79. The van der Waals surface area contributed by atoms with Gasteiger partial charge in [-0.25, -0.2) is 4.79 Å². The van der Waals surface area contributed by atoms with Gasteiger partial charge in [0, 0.05) is 6.42 Å². The molecule has 5 nitrogen and oxygen atoms in total. The molecular formula is C21H43NO4. The maximum absolute atomic E-state index is 10.3. The molecule has 0 aliphatic heterocycles. The van der Waals surface area contributed by atoms with E-state index in [4.69, 9.17) is 5.11 Å². The second-order valence-corrected chi connectivity index (χ2v) is 6.85. The van der Waals surface area contributed by atoms with Crippen LogP contribution in [0.2, 0.25) is 0 Å². The van der Waals surface area contributed by atoms with Crippen molar-refractivity contribution in [3.05, 3.63) is 0 Å². The Morgan fingerprint density at radius 2 is 1.04 bits per heavy atom. The first kappa shape index (κ1) is 27.0. The Labute approximate surface area is 161 Å². The molecule has 0 aromatic rings. The lowest BCUT2D eigenvalue weighted by Crippen LogP contribution is -2.11. The van der Waals surface area contributed by atoms with Crippen molar-refractivity contribution in [3.8, 4) is 0 Å². The van der Waals surface area contributed by atoms with Gasteiger partial charge < -0.3 is 15.6 Å². The molecule has 0 radical (unpaired) electrons. The number of unbranched alkanes of at least 4 members (excludes halogenated alkanes) is 14. The van der Waals surface area contributed by atoms with Crippen molar-refractivity contribution in [3.63, 3.8) is 0 Å². The van der Waals surface area contributed by atoms with E-state index in [1.54, 1.807) is 6.92 Å². The molecule has 0 aliphatic carbocycles. The van der Waals surface area contributed by atoms with Crippen LogP contribution in [-0.2, 0) is 9.53 Å². The molecular weight excluding hydrogens is 330 g/mol. The molecule has 0 aromatic carbocycles. The molecule has 0 aromatic heterocycles. The summed E-state index contributed by atoms with van der Waals surface area (Å²) in [5.74, 6) is -0.653. The van der Waals surface area contributed by atoms with E-state index >= 15 is 0 Å². The normalized spacial score (nSPS) is 10.1. The fraction of sp³-hybridized carbons (Fsp3) is 0.905. The number of carbonyl (C=O) groups excluding carboxylic acids is 1. The van der Waals surface area contributed by atoms with Crippen LogP contribution in [0.4, 0.5) is 4.79 Å². The number of hydrogen-bond donors (Lipinski definition) is 2. The number of rotatable bonds is 17. The van der Waals surface area contributed by atoms with Crippen LogP contribution in [0.5, 0.6) is 0 Å². The minimum atomic E-state index is -0.711. The van der Waals surface area contributed by atoms with E-state index in [0.29, 0.717) is 13.0 Å². The first-order chi connectivity index (χ1) is 12.5. The number of nitrogens with two attached hydrogens (primary N) is 1. The summed E-state index contributed by atoms with van der Waals surface area (Å²) >= 11 is 0. The molecule has 0 unspecified atom stereocenters. The van der Waals surface area contributed by atoms with Gasteiger partial charge in [0.15, 0.2) is 0 Å². The summed E-state index contributed by atoms with van der Waals surface area (Å²) in [5, 5.41) is 8.52. The van der Waals surface area contributed by atoms with Crippen LogP contribution in [0, 0.1) is 0 Å². The fourth-order valence-corrected chi connectivity index (χ4v) is 2.79. The monoisotopic (exact) mass is 373 g/mol. The molecule has 0 fully saturated rings. The van der Waals surface area contributed by atoms with Crippen LogP contribution in [0.25, 0.3) is 0 Å². The zero-order valence-corrected chi connectivity index (χ0v) is 17.3. The maximum Gasteiger partial charge on any atom is 0.404 e. The lowest BCUT2D eigenvalue weighted by atomic mass is 10.0. The Bertz CT molecular complexity index is 308. The lowest BCUT2D eigenvalue weighted by Gasteiger charge is -2.03. The summed E-state index contributed by atoms with van der Waals surface area (Å²) in [4.78, 5) is 19.9. The molecule has 26 heavy (non-hydrogen) atoms. The summed E-state index contributed by atoms with van der Waals surface area (Å²) in [6.07, 6.45) is 19.5. The first-order valence-electron chi connectivity index (χ1n) is 10.7. The minimum Gasteiger partial charge on any atom is -0.481 e. The Balaban J connectivity index is 0. The maximum atomic E-state index is 10.3. The zero-order valence-electron chi connectivity index (χ0n) is 17.3. The summed E-state index contributed by atoms with van der Waals surface area (Å²) in [7, 11) is 0. The average molecular weight is 374 g/mol. The minimum absolute atomic E-state index is 0.345. The van der Waals surface area contributed by atoms with Gasteiger partial charge in [0.05, 0.1) is 6.61 Å². The number of aliphatic carboxylic acids is 1. The van der Waals surface area contributed by atoms with Crippen LogP contribution >= 0.6 is 0 Å². The van der Waals surface area contributed by atoms with Crippen molar-refractivity contribution in [1.29, 1.82) is 0 Å². The Morgan fingerprint density at radius 1 is 0.692 bits per heavy atom. The number of hydrogen-bond acceptors (Lipinski definition) is 3. The van der Waals surface area contributed by atoms with E-state index in [0.717, 1.165) is 12.8 Å². The van der Waals surface area contributed by atoms with E-state index in [-0.39, 0.29) is 0 Å². The number of amides is 1. The molecule has 156 valence electrons. The van der Waals surface area contributed by atoms with Gasteiger partial charge in [-0.1, -0.05) is 96.8 Å². The number of primary amides is 1. The Hall–Kier alpha value is -1.26. The van der Waals surface area contributed by atoms with E-state index in [1.807, 2.05) is 0 Å². The van der Waals surface area contributed by atoms with Crippen molar-refractivity contribution in [2.75, 3.05) is 6.61 Å². The molecule has 0 spiro atoms. The lowest BCUT2D eigenvalue weighted by molar-refractivity contribution is -0.137. The third kappa shape index (κ3) is 30.6. The number of carboxylic acid groups (broad SMARTS) is 1. The third-order valence-corrected chi connectivity index (χ3v) is 4.28. The van der Waals surface area contributed by atoms with E-state index in [1.165, 1.54) is 83.5 Å². The van der Waals surface area contributed by atoms with Crippen molar-refractivity contribution < 1.29 is 19.4 Å². The Morgan fingerprint density at radius 3 is 1.27 bits per heavy atom. The topological polar surface area (TPSA) is 89.6 Å². The standard InChI is InChI=1S/C18H36O2.C3H7NO2/c1-2-3-4-5-6-7-8-9-10-11-12-13-14-15-16-17-18(19)20;1-2-6-3(4)5/h2-17H2,1H3,(H,19,20);2H2,1H3,(H2,4,5). The molecule has 0 bridgehead atoms. The van der Waals surface area contributed by atoms with Gasteiger partial charge in [0.1, 0.15) is 0 Å². The van der Waals surface area contributed by atoms with Gasteiger partial charge >= 0.3 is 12.1 Å². The second-order valence-electron chi connectivity index (χ2n) is 6.85. The van der Waals surface area contributed by atoms with Crippen molar-refractivity contribution in [1.82, 2.24) is 0 Å². The molecule has 0 saturated carbocycles. The van der Waals surface area contributed by atoms with Crippen LogP contribution in [0.3, 0.4) is 0 Å². The third-order valence-electron chi connectivity index (χ3n) is 4.28. The zero-order chi connectivity index (χ0) is 19.9. The highest BCUT2D eigenvalue weighted by Crippen LogP contribution is 2.13. The van der Waals surface area contributed by atoms with Gasteiger partial charge in [0.25, 0.3) is 0 Å². The number of carbonyl (C=O) groups is 2. The van der Waals surface area contributed by atoms with Gasteiger partial charge in [-0.2, -0.15) is 0 Å². The van der Waals surface area contributed by atoms with Gasteiger partial charge in [-0.05, 0) is 13.3 Å². The SMILES string of the molecule is CCCCCCCCCCCCCCCCCC(=O)O.CCOC(N)=O. The molecule has 0 heterocycles. The van der Waals surface area contributed by atoms with Crippen molar-refractivity contribution in [2.24, 2.45) is 5.73 Å². The first-order valence-corrected chi connectivity index (χ1v) is 10.7.